The predicted molar refractivity (Wildman–Crippen MR) is 122 cm³/mol. The molecule has 0 aliphatic carbocycles. The average molecular weight is 444 g/mol. The SMILES string of the molecule is Cc1ccc(N2C(=O)NC(=O)/C(=C\c3ccccc3OCc3cccc(F)c3)C2=O)cc1C. The van der Waals surface area contributed by atoms with E-state index in [1.54, 1.807) is 54.6 Å². The van der Waals surface area contributed by atoms with Gasteiger partial charge in [0, 0.05) is 5.56 Å². The minimum atomic E-state index is -0.805. The minimum absolute atomic E-state index is 0.103. The van der Waals surface area contributed by atoms with Crippen molar-refractivity contribution in [3.63, 3.8) is 0 Å². The van der Waals surface area contributed by atoms with Crippen LogP contribution in [0.15, 0.2) is 72.3 Å². The molecule has 4 rings (SSSR count). The van der Waals surface area contributed by atoms with Crippen LogP contribution in [0, 0.1) is 19.7 Å². The summed E-state index contributed by atoms with van der Waals surface area (Å²) in [5, 5.41) is 2.22. The summed E-state index contributed by atoms with van der Waals surface area (Å²) in [5.74, 6) is -1.48. The Balaban J connectivity index is 1.65. The third-order valence-corrected chi connectivity index (χ3v) is 5.35. The fraction of sp³-hybridized carbons (Fsp3) is 0.115. The first-order chi connectivity index (χ1) is 15.8. The molecule has 0 radical (unpaired) electrons. The summed E-state index contributed by atoms with van der Waals surface area (Å²) in [5.41, 5.74) is 3.20. The van der Waals surface area contributed by atoms with E-state index < -0.39 is 17.8 Å². The molecule has 1 heterocycles. The maximum Gasteiger partial charge on any atom is 0.335 e. The lowest BCUT2D eigenvalue weighted by molar-refractivity contribution is -0.122. The molecule has 0 aromatic heterocycles. The number of urea groups is 1. The van der Waals surface area contributed by atoms with Gasteiger partial charge in [-0.1, -0.05) is 36.4 Å². The lowest BCUT2D eigenvalue weighted by Crippen LogP contribution is -2.54. The van der Waals surface area contributed by atoms with Crippen LogP contribution in [0.3, 0.4) is 0 Å². The number of benzene rings is 3. The zero-order valence-electron chi connectivity index (χ0n) is 18.1. The Bertz CT molecular complexity index is 1300. The molecule has 1 N–H and O–H groups in total. The van der Waals surface area contributed by atoms with E-state index in [4.69, 9.17) is 4.74 Å². The number of carbonyl (C=O) groups is 3. The van der Waals surface area contributed by atoms with E-state index >= 15 is 0 Å². The molecular formula is C26H21FN2O4. The van der Waals surface area contributed by atoms with Crippen LogP contribution in [0.4, 0.5) is 14.9 Å². The molecule has 0 spiro atoms. The summed E-state index contributed by atoms with van der Waals surface area (Å²) in [6.07, 6.45) is 1.39. The topological polar surface area (TPSA) is 75.7 Å². The molecule has 0 bridgehead atoms. The van der Waals surface area contributed by atoms with Crippen LogP contribution < -0.4 is 15.0 Å². The number of aryl methyl sites for hydroxylation is 2. The fourth-order valence-corrected chi connectivity index (χ4v) is 3.43. The smallest absolute Gasteiger partial charge is 0.335 e. The normalized spacial score (nSPS) is 15.1. The van der Waals surface area contributed by atoms with Crippen LogP contribution in [-0.4, -0.2) is 17.8 Å². The number of amides is 4. The molecule has 7 heteroatoms. The molecule has 1 saturated heterocycles. The van der Waals surface area contributed by atoms with E-state index in [1.807, 2.05) is 13.8 Å². The standard InChI is InChI=1S/C26H21FN2O4/c1-16-10-11-21(12-17(16)2)29-25(31)22(24(30)28-26(29)32)14-19-7-3-4-9-23(19)33-15-18-6-5-8-20(27)13-18/h3-14H,15H2,1-2H3,(H,28,30,32)/b22-14+. The second kappa shape index (κ2) is 9.08. The zero-order chi connectivity index (χ0) is 23.5. The molecule has 33 heavy (non-hydrogen) atoms. The van der Waals surface area contributed by atoms with Gasteiger partial charge in [0.2, 0.25) is 0 Å². The summed E-state index contributed by atoms with van der Waals surface area (Å²) >= 11 is 0. The van der Waals surface area contributed by atoms with Crippen LogP contribution in [0.1, 0.15) is 22.3 Å². The summed E-state index contributed by atoms with van der Waals surface area (Å²) < 4.78 is 19.3. The Hall–Kier alpha value is -4.26. The highest BCUT2D eigenvalue weighted by Gasteiger charge is 2.37. The van der Waals surface area contributed by atoms with Gasteiger partial charge in [-0.05, 0) is 66.9 Å². The number of nitrogens with one attached hydrogen (secondary N) is 1. The summed E-state index contributed by atoms with van der Waals surface area (Å²) in [4.78, 5) is 39.1. The van der Waals surface area contributed by atoms with Gasteiger partial charge >= 0.3 is 6.03 Å². The first-order valence-electron chi connectivity index (χ1n) is 10.3. The summed E-state index contributed by atoms with van der Waals surface area (Å²) in [7, 11) is 0. The molecule has 3 aromatic carbocycles. The van der Waals surface area contributed by atoms with E-state index in [0.717, 1.165) is 16.0 Å². The Morgan fingerprint density at radius 2 is 1.73 bits per heavy atom. The summed E-state index contributed by atoms with van der Waals surface area (Å²) in [6.45, 7) is 3.90. The number of anilines is 1. The molecule has 4 amide bonds. The third-order valence-electron chi connectivity index (χ3n) is 5.35. The van der Waals surface area contributed by atoms with Crippen molar-refractivity contribution >= 4 is 29.6 Å². The van der Waals surface area contributed by atoms with E-state index in [9.17, 15) is 18.8 Å². The number of carbonyl (C=O) groups excluding carboxylic acids is 3. The van der Waals surface area contributed by atoms with Gasteiger partial charge in [-0.25, -0.2) is 14.1 Å². The number of para-hydroxylation sites is 1. The molecule has 0 saturated carbocycles. The highest BCUT2D eigenvalue weighted by atomic mass is 19.1. The van der Waals surface area contributed by atoms with Crippen molar-refractivity contribution in [3.8, 4) is 5.75 Å². The van der Waals surface area contributed by atoms with Crippen LogP contribution in [0.2, 0.25) is 0 Å². The number of ether oxygens (including phenoxy) is 1. The largest absolute Gasteiger partial charge is 0.488 e. The number of imide groups is 2. The van der Waals surface area contributed by atoms with E-state index in [1.165, 1.54) is 18.2 Å². The number of halogens is 1. The zero-order valence-corrected chi connectivity index (χ0v) is 18.1. The Kier molecular flexibility index (Phi) is 6.04. The molecular weight excluding hydrogens is 423 g/mol. The molecule has 1 fully saturated rings. The van der Waals surface area contributed by atoms with Crippen LogP contribution >= 0.6 is 0 Å². The number of hydrogen-bond donors (Lipinski definition) is 1. The summed E-state index contributed by atoms with van der Waals surface area (Å²) in [6, 6.07) is 17.3. The van der Waals surface area contributed by atoms with E-state index in [2.05, 4.69) is 5.32 Å². The van der Waals surface area contributed by atoms with Gasteiger partial charge in [-0.3, -0.25) is 14.9 Å². The Morgan fingerprint density at radius 3 is 2.48 bits per heavy atom. The van der Waals surface area contributed by atoms with Gasteiger partial charge in [0.05, 0.1) is 5.69 Å². The fourth-order valence-electron chi connectivity index (χ4n) is 3.43. The second-order valence-corrected chi connectivity index (χ2v) is 7.68. The minimum Gasteiger partial charge on any atom is -0.488 e. The number of hydrogen-bond acceptors (Lipinski definition) is 4. The highest BCUT2D eigenvalue weighted by Crippen LogP contribution is 2.27. The molecule has 6 nitrogen and oxygen atoms in total. The maximum absolute atomic E-state index is 13.4. The Morgan fingerprint density at radius 1 is 0.939 bits per heavy atom. The molecule has 1 aliphatic rings. The van der Waals surface area contributed by atoms with Crippen molar-refractivity contribution in [1.29, 1.82) is 0 Å². The van der Waals surface area contributed by atoms with Crippen molar-refractivity contribution in [2.45, 2.75) is 20.5 Å². The van der Waals surface area contributed by atoms with Crippen LogP contribution in [0.25, 0.3) is 6.08 Å². The Labute approximate surface area is 190 Å². The highest BCUT2D eigenvalue weighted by molar-refractivity contribution is 6.39. The molecule has 166 valence electrons. The molecule has 0 atom stereocenters. The lowest BCUT2D eigenvalue weighted by Gasteiger charge is -2.27. The van der Waals surface area contributed by atoms with Gasteiger partial charge in [-0.15, -0.1) is 0 Å². The van der Waals surface area contributed by atoms with Crippen LogP contribution in [-0.2, 0) is 16.2 Å². The quantitative estimate of drug-likeness (QED) is 0.458. The van der Waals surface area contributed by atoms with Crippen molar-refractivity contribution in [2.24, 2.45) is 0 Å². The average Bonchev–Trinajstić information content (AvgIpc) is 2.78. The van der Waals surface area contributed by atoms with Gasteiger partial charge < -0.3 is 4.74 Å². The lowest BCUT2D eigenvalue weighted by atomic mass is 10.0. The molecule has 1 aliphatic heterocycles. The molecule has 0 unspecified atom stereocenters. The van der Waals surface area contributed by atoms with Crippen LogP contribution in [0.5, 0.6) is 5.75 Å². The van der Waals surface area contributed by atoms with Gasteiger partial charge in [0.25, 0.3) is 11.8 Å². The van der Waals surface area contributed by atoms with Crippen molar-refractivity contribution in [1.82, 2.24) is 5.32 Å². The van der Waals surface area contributed by atoms with Gasteiger partial charge in [-0.2, -0.15) is 0 Å². The van der Waals surface area contributed by atoms with Gasteiger partial charge in [0.1, 0.15) is 23.7 Å². The van der Waals surface area contributed by atoms with E-state index in [0.29, 0.717) is 22.6 Å². The maximum atomic E-state index is 13.4. The first-order valence-corrected chi connectivity index (χ1v) is 10.3. The monoisotopic (exact) mass is 444 g/mol. The van der Waals surface area contributed by atoms with Crippen molar-refractivity contribution in [3.05, 3.63) is 100 Å². The third kappa shape index (κ3) is 4.67. The molecule has 3 aromatic rings. The second-order valence-electron chi connectivity index (χ2n) is 7.68. The first kappa shape index (κ1) is 22.0. The number of nitrogens with zero attached hydrogens (tertiary/aromatic N) is 1. The number of barbiturate groups is 1. The predicted octanol–water partition coefficient (Wildman–Crippen LogP) is 4.69. The van der Waals surface area contributed by atoms with E-state index in [-0.39, 0.29) is 18.0 Å². The van der Waals surface area contributed by atoms with Crippen molar-refractivity contribution < 1.29 is 23.5 Å². The van der Waals surface area contributed by atoms with Gasteiger partial charge in [0.15, 0.2) is 0 Å². The van der Waals surface area contributed by atoms with Crippen molar-refractivity contribution in [2.75, 3.05) is 4.90 Å². The number of rotatable bonds is 5.